The van der Waals surface area contributed by atoms with Crippen LogP contribution < -0.4 is 10.6 Å². The zero-order chi connectivity index (χ0) is 16.4. The number of hydrogen-bond donors (Lipinski definition) is 1. The molecule has 2 rings (SSSR count). The summed E-state index contributed by atoms with van der Waals surface area (Å²) in [7, 11) is 3.40. The number of nitrogens with two attached hydrogens (primary N) is 1. The van der Waals surface area contributed by atoms with Crippen molar-refractivity contribution in [1.29, 1.82) is 0 Å². The number of benzene rings is 1. The first kappa shape index (κ1) is 16.5. The van der Waals surface area contributed by atoms with Crippen LogP contribution >= 0.6 is 15.9 Å². The van der Waals surface area contributed by atoms with Gasteiger partial charge in [0.2, 0.25) is 0 Å². The highest BCUT2D eigenvalue weighted by molar-refractivity contribution is 9.10. The molecule has 0 aromatic heterocycles. The summed E-state index contributed by atoms with van der Waals surface area (Å²) in [6, 6.07) is 2.83. The Balaban J connectivity index is 2.21. The van der Waals surface area contributed by atoms with Gasteiger partial charge in [0.15, 0.2) is 0 Å². The second-order valence-electron chi connectivity index (χ2n) is 5.30. The molecule has 0 saturated carbocycles. The molecular formula is C14H18BrFN4O2. The molecule has 1 aromatic carbocycles. The van der Waals surface area contributed by atoms with Crippen molar-refractivity contribution < 1.29 is 14.0 Å². The largest absolute Gasteiger partial charge is 0.367 e. The highest BCUT2D eigenvalue weighted by atomic mass is 79.9. The molecule has 0 aliphatic carbocycles. The van der Waals surface area contributed by atoms with Crippen LogP contribution in [0.4, 0.5) is 14.9 Å². The predicted molar refractivity (Wildman–Crippen MR) is 85.5 cm³/mol. The van der Waals surface area contributed by atoms with Gasteiger partial charge in [0.25, 0.3) is 5.91 Å². The number of halogens is 2. The zero-order valence-electron chi connectivity index (χ0n) is 12.5. The lowest BCUT2D eigenvalue weighted by Gasteiger charge is -2.37. The molecule has 3 amide bonds. The van der Waals surface area contributed by atoms with Gasteiger partial charge in [0.1, 0.15) is 5.82 Å². The Kier molecular flexibility index (Phi) is 4.90. The van der Waals surface area contributed by atoms with Crippen molar-refractivity contribution in [3.05, 3.63) is 28.0 Å². The first-order valence-electron chi connectivity index (χ1n) is 6.81. The van der Waals surface area contributed by atoms with Crippen LogP contribution in [0.5, 0.6) is 0 Å². The number of urea groups is 1. The van der Waals surface area contributed by atoms with Gasteiger partial charge in [-0.2, -0.15) is 0 Å². The second-order valence-corrected chi connectivity index (χ2v) is 6.21. The molecule has 1 heterocycles. The zero-order valence-corrected chi connectivity index (χ0v) is 14.1. The van der Waals surface area contributed by atoms with Gasteiger partial charge >= 0.3 is 6.03 Å². The quantitative estimate of drug-likeness (QED) is 0.854. The summed E-state index contributed by atoms with van der Waals surface area (Å²) in [6.07, 6.45) is 0. The Morgan fingerprint density at radius 3 is 2.32 bits per heavy atom. The van der Waals surface area contributed by atoms with E-state index in [0.29, 0.717) is 36.3 Å². The topological polar surface area (TPSA) is 69.9 Å². The van der Waals surface area contributed by atoms with Gasteiger partial charge in [-0.15, -0.1) is 0 Å². The van der Waals surface area contributed by atoms with Crippen molar-refractivity contribution in [3.63, 3.8) is 0 Å². The van der Waals surface area contributed by atoms with Crippen LogP contribution in [0.1, 0.15) is 10.4 Å². The lowest BCUT2D eigenvalue weighted by atomic mass is 10.1. The van der Waals surface area contributed by atoms with E-state index in [1.54, 1.807) is 25.1 Å². The number of anilines is 1. The van der Waals surface area contributed by atoms with E-state index in [2.05, 4.69) is 15.9 Å². The monoisotopic (exact) mass is 372 g/mol. The standard InChI is InChI=1S/C14H18BrFN4O2/c1-18(2)14(22)20-5-3-19(4-6-20)11-8-9(15)7-10(16)12(11)13(17)21/h7-8H,3-6H2,1-2H3,(H2,17,21). The first-order chi connectivity index (χ1) is 10.3. The van der Waals surface area contributed by atoms with Crippen LogP contribution in [-0.2, 0) is 0 Å². The summed E-state index contributed by atoms with van der Waals surface area (Å²) >= 11 is 3.23. The lowest BCUT2D eigenvalue weighted by molar-refractivity contribution is 0.0996. The van der Waals surface area contributed by atoms with E-state index in [1.165, 1.54) is 11.0 Å². The minimum absolute atomic E-state index is 0.0600. The molecule has 0 unspecified atom stereocenters. The van der Waals surface area contributed by atoms with Crippen molar-refractivity contribution in [2.45, 2.75) is 0 Å². The third-order valence-electron chi connectivity index (χ3n) is 3.55. The minimum atomic E-state index is -0.799. The number of nitrogens with zero attached hydrogens (tertiary/aromatic N) is 3. The fourth-order valence-electron chi connectivity index (χ4n) is 2.47. The molecule has 2 N–H and O–H groups in total. The normalized spacial score (nSPS) is 14.9. The maximum absolute atomic E-state index is 14.0. The Morgan fingerprint density at radius 2 is 1.82 bits per heavy atom. The van der Waals surface area contributed by atoms with Crippen LogP contribution in [0, 0.1) is 5.82 Å². The van der Waals surface area contributed by atoms with Crippen molar-refractivity contribution in [1.82, 2.24) is 9.80 Å². The molecule has 22 heavy (non-hydrogen) atoms. The number of piperazine rings is 1. The first-order valence-corrected chi connectivity index (χ1v) is 7.60. The molecular weight excluding hydrogens is 355 g/mol. The number of rotatable bonds is 2. The predicted octanol–water partition coefficient (Wildman–Crippen LogP) is 1.49. The average molecular weight is 373 g/mol. The molecule has 0 atom stereocenters. The molecule has 8 heteroatoms. The summed E-state index contributed by atoms with van der Waals surface area (Å²) in [5.41, 5.74) is 5.64. The summed E-state index contributed by atoms with van der Waals surface area (Å²) in [6.45, 7) is 2.03. The Labute approximate surface area is 136 Å². The van der Waals surface area contributed by atoms with Crippen molar-refractivity contribution in [3.8, 4) is 0 Å². The van der Waals surface area contributed by atoms with Crippen molar-refractivity contribution >= 4 is 33.6 Å². The Morgan fingerprint density at radius 1 is 1.23 bits per heavy atom. The van der Waals surface area contributed by atoms with Gasteiger partial charge in [-0.25, -0.2) is 9.18 Å². The summed E-state index contributed by atoms with van der Waals surface area (Å²) in [5, 5.41) is 0. The third kappa shape index (κ3) is 3.32. The number of carbonyl (C=O) groups excluding carboxylic acids is 2. The van der Waals surface area contributed by atoms with E-state index in [-0.39, 0.29) is 11.6 Å². The smallest absolute Gasteiger partial charge is 0.319 e. The summed E-state index contributed by atoms with van der Waals surface area (Å²) in [5.74, 6) is -1.45. The number of primary amides is 1. The Bertz CT molecular complexity index is 601. The summed E-state index contributed by atoms with van der Waals surface area (Å²) < 4.78 is 14.5. The Hall–Kier alpha value is -1.83. The molecule has 0 radical (unpaired) electrons. The number of hydrogen-bond acceptors (Lipinski definition) is 3. The minimum Gasteiger partial charge on any atom is -0.367 e. The van der Waals surface area contributed by atoms with Crippen LogP contribution in [0.25, 0.3) is 0 Å². The number of carbonyl (C=O) groups is 2. The summed E-state index contributed by atoms with van der Waals surface area (Å²) in [4.78, 5) is 28.5. The van der Waals surface area contributed by atoms with Gasteiger partial charge in [0, 0.05) is 44.7 Å². The lowest BCUT2D eigenvalue weighted by Crippen LogP contribution is -2.51. The van der Waals surface area contributed by atoms with Gasteiger partial charge in [-0.3, -0.25) is 4.79 Å². The van der Waals surface area contributed by atoms with Crippen LogP contribution in [0.3, 0.4) is 0 Å². The van der Waals surface area contributed by atoms with Crippen molar-refractivity contribution in [2.24, 2.45) is 5.73 Å². The fraction of sp³-hybridized carbons (Fsp3) is 0.429. The van der Waals surface area contributed by atoms with E-state index in [4.69, 9.17) is 5.73 Å². The van der Waals surface area contributed by atoms with Crippen LogP contribution in [-0.4, -0.2) is 62.0 Å². The van der Waals surface area contributed by atoms with E-state index in [1.807, 2.05) is 4.90 Å². The highest BCUT2D eigenvalue weighted by Gasteiger charge is 2.26. The van der Waals surface area contributed by atoms with Crippen LogP contribution in [0.15, 0.2) is 16.6 Å². The van der Waals surface area contributed by atoms with E-state index < -0.39 is 11.7 Å². The maximum atomic E-state index is 14.0. The van der Waals surface area contributed by atoms with Crippen LogP contribution in [0.2, 0.25) is 0 Å². The van der Waals surface area contributed by atoms with Gasteiger partial charge < -0.3 is 20.4 Å². The molecule has 120 valence electrons. The van der Waals surface area contributed by atoms with Gasteiger partial charge in [-0.05, 0) is 12.1 Å². The van der Waals surface area contributed by atoms with E-state index >= 15 is 0 Å². The van der Waals surface area contributed by atoms with Crippen molar-refractivity contribution in [2.75, 3.05) is 45.2 Å². The second kappa shape index (κ2) is 6.51. The molecule has 1 saturated heterocycles. The molecule has 6 nitrogen and oxygen atoms in total. The molecule has 1 fully saturated rings. The molecule has 0 bridgehead atoms. The maximum Gasteiger partial charge on any atom is 0.319 e. The average Bonchev–Trinajstić information content (AvgIpc) is 2.45. The molecule has 1 aliphatic rings. The molecule has 0 spiro atoms. The SMILES string of the molecule is CN(C)C(=O)N1CCN(c2cc(Br)cc(F)c2C(N)=O)CC1. The van der Waals surface area contributed by atoms with Gasteiger partial charge in [-0.1, -0.05) is 15.9 Å². The third-order valence-corrected chi connectivity index (χ3v) is 4.01. The number of amides is 3. The molecule has 1 aliphatic heterocycles. The van der Waals surface area contributed by atoms with E-state index in [9.17, 15) is 14.0 Å². The molecule has 1 aromatic rings. The van der Waals surface area contributed by atoms with E-state index in [0.717, 1.165) is 0 Å². The van der Waals surface area contributed by atoms with Gasteiger partial charge in [0.05, 0.1) is 11.3 Å². The highest BCUT2D eigenvalue weighted by Crippen LogP contribution is 2.28. The fourth-order valence-corrected chi connectivity index (χ4v) is 2.89.